The highest BCUT2D eigenvalue weighted by Crippen LogP contribution is 2.14. The fraction of sp³-hybridized carbons (Fsp3) is 0.333. The summed E-state index contributed by atoms with van der Waals surface area (Å²) in [4.78, 5) is 4.49. The van der Waals surface area contributed by atoms with Crippen LogP contribution in [0.2, 0.25) is 0 Å². The van der Waals surface area contributed by atoms with Gasteiger partial charge in [0.15, 0.2) is 5.82 Å². The van der Waals surface area contributed by atoms with E-state index in [0.717, 1.165) is 23.6 Å². The van der Waals surface area contributed by atoms with E-state index in [9.17, 15) is 0 Å². The van der Waals surface area contributed by atoms with Gasteiger partial charge in [0.1, 0.15) is 5.82 Å². The molecular weight excluding hydrogens is 200 g/mol. The molecule has 1 aromatic carbocycles. The molecule has 0 saturated heterocycles. The molecule has 0 spiro atoms. The number of nitrogens with zero attached hydrogens (tertiary/aromatic N) is 3. The second-order valence-electron chi connectivity index (χ2n) is 4.02. The molecule has 4 nitrogen and oxygen atoms in total. The van der Waals surface area contributed by atoms with E-state index < -0.39 is 0 Å². The molecule has 0 radical (unpaired) electrons. The lowest BCUT2D eigenvalue weighted by atomic mass is 10.2. The summed E-state index contributed by atoms with van der Waals surface area (Å²) in [6.45, 7) is 1.97. The zero-order chi connectivity index (χ0) is 11.5. The third kappa shape index (κ3) is 2.28. The van der Waals surface area contributed by atoms with Crippen LogP contribution in [0.5, 0.6) is 0 Å². The van der Waals surface area contributed by atoms with Crippen LogP contribution < -0.4 is 5.73 Å². The molecule has 0 bridgehead atoms. The summed E-state index contributed by atoms with van der Waals surface area (Å²) in [5.41, 5.74) is 6.80. The first-order chi connectivity index (χ1) is 7.66. The van der Waals surface area contributed by atoms with Crippen LogP contribution in [0.1, 0.15) is 12.7 Å². The number of nitrogens with two attached hydrogens (primary N) is 1. The molecule has 1 aromatic heterocycles. The van der Waals surface area contributed by atoms with Gasteiger partial charge in [-0.05, 0) is 6.92 Å². The lowest BCUT2D eigenvalue weighted by Crippen LogP contribution is -2.20. The van der Waals surface area contributed by atoms with Gasteiger partial charge in [-0.1, -0.05) is 30.3 Å². The number of rotatable bonds is 3. The minimum absolute atomic E-state index is 0.103. The summed E-state index contributed by atoms with van der Waals surface area (Å²) in [6, 6.07) is 10.1. The summed E-state index contributed by atoms with van der Waals surface area (Å²) in [6.07, 6.45) is 0.746. The van der Waals surface area contributed by atoms with Crippen LogP contribution in [0.4, 0.5) is 0 Å². The van der Waals surface area contributed by atoms with E-state index in [2.05, 4.69) is 10.1 Å². The average Bonchev–Trinajstić information content (AvgIpc) is 2.61. The Balaban J connectivity index is 2.31. The van der Waals surface area contributed by atoms with Crippen molar-refractivity contribution in [3.63, 3.8) is 0 Å². The Labute approximate surface area is 95.1 Å². The van der Waals surface area contributed by atoms with Crippen LogP contribution in [-0.2, 0) is 13.5 Å². The Bertz CT molecular complexity index is 459. The highest BCUT2D eigenvalue weighted by atomic mass is 15.3. The van der Waals surface area contributed by atoms with Crippen LogP contribution in [0.25, 0.3) is 11.4 Å². The zero-order valence-electron chi connectivity index (χ0n) is 9.59. The van der Waals surface area contributed by atoms with Crippen molar-refractivity contribution in [2.45, 2.75) is 19.4 Å². The van der Waals surface area contributed by atoms with Gasteiger partial charge < -0.3 is 5.73 Å². The largest absolute Gasteiger partial charge is 0.328 e. The fourth-order valence-electron chi connectivity index (χ4n) is 1.59. The van der Waals surface area contributed by atoms with E-state index in [-0.39, 0.29) is 6.04 Å². The summed E-state index contributed by atoms with van der Waals surface area (Å²) < 4.78 is 1.80. The monoisotopic (exact) mass is 216 g/mol. The van der Waals surface area contributed by atoms with Crippen LogP contribution in [0.3, 0.4) is 0 Å². The Morgan fingerprint density at radius 3 is 2.62 bits per heavy atom. The van der Waals surface area contributed by atoms with Gasteiger partial charge in [0, 0.05) is 25.1 Å². The van der Waals surface area contributed by atoms with E-state index >= 15 is 0 Å². The highest BCUT2D eigenvalue weighted by molar-refractivity contribution is 5.53. The van der Waals surface area contributed by atoms with Crippen LogP contribution in [0, 0.1) is 0 Å². The Morgan fingerprint density at radius 2 is 2.00 bits per heavy atom. The molecule has 1 unspecified atom stereocenters. The van der Waals surface area contributed by atoms with E-state index in [1.165, 1.54) is 0 Å². The highest BCUT2D eigenvalue weighted by Gasteiger charge is 2.09. The van der Waals surface area contributed by atoms with Crippen molar-refractivity contribution in [1.82, 2.24) is 14.8 Å². The first-order valence-corrected chi connectivity index (χ1v) is 5.37. The zero-order valence-corrected chi connectivity index (χ0v) is 9.59. The third-order valence-electron chi connectivity index (χ3n) is 2.39. The smallest absolute Gasteiger partial charge is 0.181 e. The molecule has 4 heteroatoms. The average molecular weight is 216 g/mol. The summed E-state index contributed by atoms with van der Waals surface area (Å²) in [5, 5.41) is 4.38. The van der Waals surface area contributed by atoms with Gasteiger partial charge in [-0.3, -0.25) is 4.68 Å². The van der Waals surface area contributed by atoms with Crippen molar-refractivity contribution >= 4 is 0 Å². The summed E-state index contributed by atoms with van der Waals surface area (Å²) in [7, 11) is 1.90. The maximum atomic E-state index is 5.76. The number of hydrogen-bond donors (Lipinski definition) is 1. The van der Waals surface area contributed by atoms with Gasteiger partial charge in [0.2, 0.25) is 0 Å². The standard InChI is InChI=1S/C12H16N4/c1-9(13)8-11-14-12(15-16(11)2)10-6-4-3-5-7-10/h3-7,9H,8,13H2,1-2H3. The maximum absolute atomic E-state index is 5.76. The van der Waals surface area contributed by atoms with Gasteiger partial charge in [-0.2, -0.15) is 5.10 Å². The molecule has 16 heavy (non-hydrogen) atoms. The third-order valence-corrected chi connectivity index (χ3v) is 2.39. The first-order valence-electron chi connectivity index (χ1n) is 5.37. The lowest BCUT2D eigenvalue weighted by Gasteiger charge is -2.02. The molecule has 0 amide bonds. The van der Waals surface area contributed by atoms with Gasteiger partial charge in [-0.25, -0.2) is 4.98 Å². The first kappa shape index (κ1) is 10.8. The number of aryl methyl sites for hydroxylation is 1. The second-order valence-corrected chi connectivity index (χ2v) is 4.02. The van der Waals surface area contributed by atoms with E-state index in [0.29, 0.717) is 0 Å². The van der Waals surface area contributed by atoms with E-state index in [1.54, 1.807) is 4.68 Å². The van der Waals surface area contributed by atoms with E-state index in [4.69, 9.17) is 5.73 Å². The Kier molecular flexibility index (Phi) is 3.01. The number of hydrogen-bond acceptors (Lipinski definition) is 3. The summed E-state index contributed by atoms with van der Waals surface area (Å²) in [5.74, 6) is 1.69. The van der Waals surface area contributed by atoms with Crippen molar-refractivity contribution in [2.24, 2.45) is 12.8 Å². The molecule has 2 aromatic rings. The van der Waals surface area contributed by atoms with Crippen LogP contribution in [0.15, 0.2) is 30.3 Å². The lowest BCUT2D eigenvalue weighted by molar-refractivity contribution is 0.639. The molecule has 0 saturated carbocycles. The van der Waals surface area contributed by atoms with E-state index in [1.807, 2.05) is 44.3 Å². The van der Waals surface area contributed by atoms with Gasteiger partial charge in [-0.15, -0.1) is 0 Å². The van der Waals surface area contributed by atoms with Crippen LogP contribution >= 0.6 is 0 Å². The summed E-state index contributed by atoms with van der Waals surface area (Å²) >= 11 is 0. The van der Waals surface area contributed by atoms with Crippen LogP contribution in [-0.4, -0.2) is 20.8 Å². The molecule has 0 aliphatic carbocycles. The maximum Gasteiger partial charge on any atom is 0.181 e. The minimum atomic E-state index is 0.103. The Morgan fingerprint density at radius 1 is 1.31 bits per heavy atom. The van der Waals surface area contributed by atoms with Gasteiger partial charge in [0.25, 0.3) is 0 Å². The van der Waals surface area contributed by atoms with Crippen molar-refractivity contribution in [3.8, 4) is 11.4 Å². The predicted molar refractivity (Wildman–Crippen MR) is 63.8 cm³/mol. The van der Waals surface area contributed by atoms with Crippen molar-refractivity contribution in [1.29, 1.82) is 0 Å². The normalized spacial score (nSPS) is 12.7. The molecule has 0 aliphatic rings. The van der Waals surface area contributed by atoms with Gasteiger partial charge in [0.05, 0.1) is 0 Å². The van der Waals surface area contributed by atoms with Gasteiger partial charge >= 0.3 is 0 Å². The van der Waals surface area contributed by atoms with Crippen molar-refractivity contribution in [3.05, 3.63) is 36.2 Å². The molecular formula is C12H16N4. The number of benzene rings is 1. The van der Waals surface area contributed by atoms with Crippen molar-refractivity contribution < 1.29 is 0 Å². The number of aromatic nitrogens is 3. The molecule has 2 N–H and O–H groups in total. The molecule has 0 aliphatic heterocycles. The fourth-order valence-corrected chi connectivity index (χ4v) is 1.59. The topological polar surface area (TPSA) is 56.7 Å². The quantitative estimate of drug-likeness (QED) is 0.843. The molecule has 2 rings (SSSR count). The molecule has 84 valence electrons. The molecule has 0 fully saturated rings. The second kappa shape index (κ2) is 4.45. The SMILES string of the molecule is CC(N)Cc1nc(-c2ccccc2)nn1C. The van der Waals surface area contributed by atoms with Crippen molar-refractivity contribution in [2.75, 3.05) is 0 Å². The predicted octanol–water partition coefficient (Wildman–Crippen LogP) is 1.37. The molecule has 1 atom stereocenters. The Hall–Kier alpha value is -1.68. The molecule has 1 heterocycles. The minimum Gasteiger partial charge on any atom is -0.328 e.